The first-order valence-electron chi connectivity index (χ1n) is 18.4. The molecule has 10 rings (SSSR count). The normalized spacial score (nSPS) is 21.4. The van der Waals surface area contributed by atoms with Crippen molar-refractivity contribution in [1.82, 2.24) is 0 Å². The number of hydrogen-bond donors (Lipinski definition) is 0. The van der Waals surface area contributed by atoms with Crippen molar-refractivity contribution in [2.75, 3.05) is 0 Å². The van der Waals surface area contributed by atoms with Gasteiger partial charge in [-0.15, -0.1) is 0 Å². The van der Waals surface area contributed by atoms with Crippen molar-refractivity contribution >= 4 is 5.57 Å². The van der Waals surface area contributed by atoms with Crippen LogP contribution >= 0.6 is 0 Å². The summed E-state index contributed by atoms with van der Waals surface area (Å²) in [5.74, 6) is 0.870. The Labute approximate surface area is 296 Å². The van der Waals surface area contributed by atoms with Gasteiger partial charge in [0.15, 0.2) is 0 Å². The minimum absolute atomic E-state index is 0.0547. The van der Waals surface area contributed by atoms with Gasteiger partial charge in [0.2, 0.25) is 0 Å². The van der Waals surface area contributed by atoms with Gasteiger partial charge < -0.3 is 0 Å². The zero-order valence-electron chi connectivity index (χ0n) is 29.4. The summed E-state index contributed by atoms with van der Waals surface area (Å²) >= 11 is 0. The molecule has 0 N–H and O–H groups in total. The van der Waals surface area contributed by atoms with Gasteiger partial charge in [-0.25, -0.2) is 0 Å². The predicted octanol–water partition coefficient (Wildman–Crippen LogP) is 12.4. The molecule has 0 aliphatic heterocycles. The van der Waals surface area contributed by atoms with Crippen molar-refractivity contribution in [1.29, 1.82) is 0 Å². The van der Waals surface area contributed by atoms with E-state index in [1.807, 2.05) is 0 Å². The van der Waals surface area contributed by atoms with Gasteiger partial charge in [-0.05, 0) is 102 Å². The Balaban J connectivity index is 1.31. The largest absolute Gasteiger partial charge is 0.0622 e. The fourth-order valence-electron chi connectivity index (χ4n) is 10.1. The molecule has 0 saturated carbocycles. The van der Waals surface area contributed by atoms with Gasteiger partial charge >= 0.3 is 0 Å². The Kier molecular flexibility index (Phi) is 6.47. The van der Waals surface area contributed by atoms with Gasteiger partial charge in [-0.3, -0.25) is 0 Å². The van der Waals surface area contributed by atoms with Crippen LogP contribution in [0.1, 0.15) is 118 Å². The van der Waals surface area contributed by atoms with Crippen LogP contribution in [0.25, 0.3) is 5.57 Å². The monoisotopic (exact) mass is 642 g/mol. The third-order valence-electron chi connectivity index (χ3n) is 12.1. The van der Waals surface area contributed by atoms with E-state index in [1.165, 1.54) is 66.8 Å². The molecular weight excluding hydrogens is 601 g/mol. The molecule has 0 heterocycles. The van der Waals surface area contributed by atoms with Gasteiger partial charge in [-0.1, -0.05) is 172 Å². The van der Waals surface area contributed by atoms with Crippen LogP contribution in [0.4, 0.5) is 0 Å². The molecular formula is C50H42. The van der Waals surface area contributed by atoms with Gasteiger partial charge in [-0.2, -0.15) is 0 Å². The molecule has 0 aromatic heterocycles. The second-order valence-corrected chi connectivity index (χ2v) is 16.0. The third kappa shape index (κ3) is 4.24. The van der Waals surface area contributed by atoms with E-state index in [-0.39, 0.29) is 29.1 Å². The van der Waals surface area contributed by atoms with E-state index in [0.29, 0.717) is 0 Å². The molecule has 50 heavy (non-hydrogen) atoms. The maximum atomic E-state index is 2.60. The zero-order valence-corrected chi connectivity index (χ0v) is 29.4. The van der Waals surface area contributed by atoms with Crippen LogP contribution in [0, 0.1) is 6.92 Å². The van der Waals surface area contributed by atoms with Crippen molar-refractivity contribution in [2.45, 2.75) is 63.2 Å². The molecule has 0 bridgehead atoms. The minimum atomic E-state index is 0.0547. The Hall–Kier alpha value is -5.20. The summed E-state index contributed by atoms with van der Waals surface area (Å²) < 4.78 is 0. The topological polar surface area (TPSA) is 0 Å². The molecule has 0 nitrogen and oxygen atoms in total. The van der Waals surface area contributed by atoms with E-state index in [9.17, 15) is 0 Å². The van der Waals surface area contributed by atoms with E-state index in [1.54, 1.807) is 22.3 Å². The smallest absolute Gasteiger partial charge is 0.0349 e. The van der Waals surface area contributed by atoms with E-state index >= 15 is 0 Å². The number of hydrogen-bond acceptors (Lipinski definition) is 0. The lowest BCUT2D eigenvalue weighted by atomic mass is 9.59. The second-order valence-electron chi connectivity index (χ2n) is 16.0. The molecule has 4 aliphatic carbocycles. The lowest BCUT2D eigenvalue weighted by Gasteiger charge is -2.43. The molecule has 0 saturated heterocycles. The highest BCUT2D eigenvalue weighted by Crippen LogP contribution is 2.66. The molecule has 6 aromatic rings. The SMILES string of the molecule is Cc1cc2c3c(c1)C(c1ccccc1)c1ccc(C(C)(C)C)cc1C3C1=C(C3=C(C1)C(c1ccccc1)c1ccccc13)C2c1ccccc1. The highest BCUT2D eigenvalue weighted by atomic mass is 14.5. The zero-order chi connectivity index (χ0) is 33.7. The van der Waals surface area contributed by atoms with E-state index in [0.717, 1.165) is 6.42 Å². The quantitative estimate of drug-likeness (QED) is 0.180. The molecule has 0 heteroatoms. The average molecular weight is 643 g/mol. The summed E-state index contributed by atoms with van der Waals surface area (Å²) in [4.78, 5) is 0. The molecule has 4 aliphatic rings. The van der Waals surface area contributed by atoms with Crippen LogP contribution in [0.15, 0.2) is 162 Å². The van der Waals surface area contributed by atoms with Gasteiger partial charge in [0.25, 0.3) is 0 Å². The molecule has 0 radical (unpaired) electrons. The number of allylic oxidation sites excluding steroid dienone is 4. The average Bonchev–Trinajstić information content (AvgIpc) is 3.67. The fraction of sp³-hybridized carbons (Fsp3) is 0.200. The summed E-state index contributed by atoms with van der Waals surface area (Å²) in [6.07, 6.45) is 1.01. The fourth-order valence-corrected chi connectivity index (χ4v) is 10.1. The van der Waals surface area contributed by atoms with Crippen molar-refractivity contribution in [3.05, 3.63) is 229 Å². The molecule has 6 aromatic carbocycles. The summed E-state index contributed by atoms with van der Waals surface area (Å²) in [5.41, 5.74) is 23.7. The summed E-state index contributed by atoms with van der Waals surface area (Å²) in [7, 11) is 0. The van der Waals surface area contributed by atoms with Gasteiger partial charge in [0, 0.05) is 23.7 Å². The van der Waals surface area contributed by atoms with Gasteiger partial charge in [0.05, 0.1) is 0 Å². The van der Waals surface area contributed by atoms with Crippen LogP contribution < -0.4 is 0 Å². The van der Waals surface area contributed by atoms with Crippen LogP contribution in [0.5, 0.6) is 0 Å². The van der Waals surface area contributed by atoms with Crippen LogP contribution in [0.2, 0.25) is 0 Å². The molecule has 4 unspecified atom stereocenters. The highest BCUT2D eigenvalue weighted by Gasteiger charge is 2.49. The van der Waals surface area contributed by atoms with E-state index in [2.05, 4.69) is 173 Å². The molecule has 242 valence electrons. The number of fused-ring (bicyclic) bond motifs is 6. The predicted molar refractivity (Wildman–Crippen MR) is 207 cm³/mol. The van der Waals surface area contributed by atoms with Crippen molar-refractivity contribution in [2.24, 2.45) is 0 Å². The van der Waals surface area contributed by atoms with Crippen molar-refractivity contribution in [3.63, 3.8) is 0 Å². The Morgan fingerprint density at radius 1 is 0.460 bits per heavy atom. The van der Waals surface area contributed by atoms with E-state index < -0.39 is 0 Å². The Bertz CT molecular complexity index is 2380. The third-order valence-corrected chi connectivity index (χ3v) is 12.1. The van der Waals surface area contributed by atoms with Crippen LogP contribution in [-0.4, -0.2) is 0 Å². The molecule has 0 fully saturated rings. The molecule has 0 amide bonds. The standard InChI is InChI=1S/C50H42/c1-30-26-39-44(32-18-10-6-11-19-32)37-25-24-34(50(2,3)4)28-38(37)47-42-29-41-43(31-16-8-5-9-17-31)35-22-14-15-23-36(35)46(41)49(42)45(40(27-30)48(39)47)33-20-12-7-13-21-33/h5-28,43-45,47H,29H2,1-4H3. The number of rotatable bonds is 3. The number of aryl methyl sites for hydroxylation is 1. The van der Waals surface area contributed by atoms with Crippen molar-refractivity contribution < 1.29 is 0 Å². The van der Waals surface area contributed by atoms with Crippen LogP contribution in [0.3, 0.4) is 0 Å². The second kappa shape index (κ2) is 10.9. The maximum absolute atomic E-state index is 2.60. The summed E-state index contributed by atoms with van der Waals surface area (Å²) in [6, 6.07) is 55.8. The lowest BCUT2D eigenvalue weighted by molar-refractivity contribution is 0.587. The summed E-state index contributed by atoms with van der Waals surface area (Å²) in [6.45, 7) is 9.39. The summed E-state index contributed by atoms with van der Waals surface area (Å²) in [5, 5.41) is 0. The lowest BCUT2D eigenvalue weighted by Crippen LogP contribution is -2.28. The van der Waals surface area contributed by atoms with E-state index in [4.69, 9.17) is 0 Å². The number of benzene rings is 6. The van der Waals surface area contributed by atoms with Crippen molar-refractivity contribution in [3.8, 4) is 0 Å². The first kappa shape index (κ1) is 29.7. The van der Waals surface area contributed by atoms with Crippen LogP contribution in [-0.2, 0) is 5.41 Å². The van der Waals surface area contributed by atoms with Gasteiger partial charge in [0.1, 0.15) is 0 Å². The first-order valence-corrected chi connectivity index (χ1v) is 18.4. The highest BCUT2D eigenvalue weighted by molar-refractivity contribution is 5.96. The Morgan fingerprint density at radius 2 is 1.02 bits per heavy atom. The first-order chi connectivity index (χ1) is 24.4. The molecule has 4 atom stereocenters. The molecule has 0 spiro atoms. The minimum Gasteiger partial charge on any atom is -0.0622 e. The Morgan fingerprint density at radius 3 is 1.66 bits per heavy atom. The maximum Gasteiger partial charge on any atom is 0.0349 e.